The number of halogens is 1. The highest BCUT2D eigenvalue weighted by Crippen LogP contribution is 2.21. The summed E-state index contributed by atoms with van der Waals surface area (Å²) >= 11 is 5.97. The van der Waals surface area contributed by atoms with Crippen LogP contribution in [0, 0.1) is 5.92 Å². The largest absolute Gasteiger partial charge is 0.481 e. The number of carboxylic acid groups (broad SMARTS) is 1. The highest BCUT2D eigenvalue weighted by atomic mass is 35.5. The molecule has 35 heavy (non-hydrogen) atoms. The fourth-order valence-electron chi connectivity index (χ4n) is 3.69. The average Bonchev–Trinajstić information content (AvgIpc) is 2.84. The summed E-state index contributed by atoms with van der Waals surface area (Å²) in [4.78, 5) is 42.1. The van der Waals surface area contributed by atoms with E-state index in [0.717, 1.165) is 24.8 Å². The summed E-state index contributed by atoms with van der Waals surface area (Å²) in [5, 5.41) is 10.2. The highest BCUT2D eigenvalue weighted by Gasteiger charge is 2.23. The second-order valence-electron chi connectivity index (χ2n) is 8.38. The smallest absolute Gasteiger partial charge is 0.307 e. The maximum Gasteiger partial charge on any atom is 0.307 e. The molecule has 3 rings (SSSR count). The molecule has 1 aromatic heterocycles. The molecule has 0 saturated carbocycles. The lowest BCUT2D eigenvalue weighted by atomic mass is 9.94. The molecule has 2 aromatic carbocycles. The predicted octanol–water partition coefficient (Wildman–Crippen LogP) is 5.04. The molecule has 0 aliphatic heterocycles. The minimum absolute atomic E-state index is 0.0434. The van der Waals surface area contributed by atoms with Gasteiger partial charge in [0.2, 0.25) is 0 Å². The molecule has 0 aliphatic carbocycles. The Kier molecular flexibility index (Phi) is 9.61. The van der Waals surface area contributed by atoms with Crippen molar-refractivity contribution in [3.05, 3.63) is 81.6 Å². The zero-order valence-electron chi connectivity index (χ0n) is 19.7. The topological polar surface area (TPSA) is 98.5 Å². The third-order valence-corrected chi connectivity index (χ3v) is 5.83. The highest BCUT2D eigenvalue weighted by molar-refractivity contribution is 6.30. The summed E-state index contributed by atoms with van der Waals surface area (Å²) in [5.74, 6) is -2.33. The van der Waals surface area contributed by atoms with Gasteiger partial charge in [0.05, 0.1) is 24.8 Å². The summed E-state index contributed by atoms with van der Waals surface area (Å²) < 4.78 is 6.99. The van der Waals surface area contributed by atoms with Crippen LogP contribution in [0.2, 0.25) is 5.02 Å². The Balaban J connectivity index is 1.82. The van der Waals surface area contributed by atoms with Crippen LogP contribution in [0.4, 0.5) is 0 Å². The molecule has 0 saturated heterocycles. The number of hydrogen-bond donors (Lipinski definition) is 1. The Morgan fingerprint density at radius 2 is 1.80 bits per heavy atom. The number of aromatic nitrogens is 2. The van der Waals surface area contributed by atoms with Crippen LogP contribution in [0.1, 0.15) is 38.2 Å². The van der Waals surface area contributed by atoms with E-state index in [1.807, 2.05) is 30.3 Å². The molecule has 0 bridgehead atoms. The summed E-state index contributed by atoms with van der Waals surface area (Å²) in [5.41, 5.74) is 1.49. The van der Waals surface area contributed by atoms with Gasteiger partial charge in [0.25, 0.3) is 11.6 Å². The van der Waals surface area contributed by atoms with E-state index >= 15 is 0 Å². The number of carbonyl (C=O) groups excluding carboxylic acids is 1. The number of unbranched alkanes of at least 4 members (excludes halogenated alkanes) is 2. The van der Waals surface area contributed by atoms with E-state index < -0.39 is 17.4 Å². The number of benzene rings is 2. The van der Waals surface area contributed by atoms with Gasteiger partial charge in [-0.25, -0.2) is 0 Å². The molecule has 1 atom stereocenters. The predicted molar refractivity (Wildman–Crippen MR) is 135 cm³/mol. The molecule has 8 heteroatoms. The van der Waals surface area contributed by atoms with Gasteiger partial charge in [-0.3, -0.25) is 19.0 Å². The first-order valence-corrected chi connectivity index (χ1v) is 12.0. The van der Waals surface area contributed by atoms with Crippen LogP contribution < -0.4 is 10.3 Å². The lowest BCUT2D eigenvalue weighted by Gasteiger charge is -2.15. The summed E-state index contributed by atoms with van der Waals surface area (Å²) in [6, 6.07) is 17.4. The van der Waals surface area contributed by atoms with Gasteiger partial charge in [-0.1, -0.05) is 73.8 Å². The standard InChI is InChI=1S/C27H29ClN2O5/c1-2-3-7-14-35-27-29-24(20-10-12-22(28)13-11-20)17-25(32)30(27)18-23(31)16-21(26(33)34)15-19-8-5-4-6-9-19/h4-6,8-13,17,21H,2-3,7,14-16,18H2,1H3,(H,33,34). The van der Waals surface area contributed by atoms with Crippen LogP contribution in [0.25, 0.3) is 11.3 Å². The van der Waals surface area contributed by atoms with Gasteiger partial charge in [-0.2, -0.15) is 4.98 Å². The summed E-state index contributed by atoms with van der Waals surface area (Å²) in [7, 11) is 0. The van der Waals surface area contributed by atoms with Crippen molar-refractivity contribution < 1.29 is 19.4 Å². The summed E-state index contributed by atoms with van der Waals surface area (Å²) in [6.07, 6.45) is 2.77. The molecule has 0 fully saturated rings. The normalized spacial score (nSPS) is 11.7. The number of carbonyl (C=O) groups is 2. The molecular formula is C27H29ClN2O5. The van der Waals surface area contributed by atoms with Crippen molar-refractivity contribution >= 4 is 23.4 Å². The molecule has 1 unspecified atom stereocenters. The second-order valence-corrected chi connectivity index (χ2v) is 8.81. The van der Waals surface area contributed by atoms with Crippen molar-refractivity contribution in [3.63, 3.8) is 0 Å². The van der Waals surface area contributed by atoms with Crippen LogP contribution in [0.5, 0.6) is 6.01 Å². The first kappa shape index (κ1) is 26.2. The van der Waals surface area contributed by atoms with Crippen molar-refractivity contribution in [3.8, 4) is 17.3 Å². The van der Waals surface area contributed by atoms with E-state index in [9.17, 15) is 19.5 Å². The zero-order valence-corrected chi connectivity index (χ0v) is 20.4. The molecule has 184 valence electrons. The number of nitrogens with zero attached hydrogens (tertiary/aromatic N) is 2. The Bertz CT molecular complexity index is 1190. The van der Waals surface area contributed by atoms with Gasteiger partial charge >= 0.3 is 5.97 Å². The number of ketones is 1. The maximum absolute atomic E-state index is 13.0. The third kappa shape index (κ3) is 7.79. The molecule has 0 spiro atoms. The van der Waals surface area contributed by atoms with Crippen LogP contribution in [-0.4, -0.2) is 33.0 Å². The monoisotopic (exact) mass is 496 g/mol. The second kappa shape index (κ2) is 12.9. The minimum Gasteiger partial charge on any atom is -0.481 e. The first-order valence-electron chi connectivity index (χ1n) is 11.7. The van der Waals surface area contributed by atoms with Crippen molar-refractivity contribution in [1.82, 2.24) is 9.55 Å². The Morgan fingerprint density at radius 3 is 2.46 bits per heavy atom. The van der Waals surface area contributed by atoms with E-state index in [1.54, 1.807) is 24.3 Å². The third-order valence-electron chi connectivity index (χ3n) is 5.57. The van der Waals surface area contributed by atoms with E-state index in [4.69, 9.17) is 16.3 Å². The van der Waals surface area contributed by atoms with E-state index in [-0.39, 0.29) is 31.2 Å². The number of rotatable bonds is 13. The van der Waals surface area contributed by atoms with Gasteiger partial charge in [-0.15, -0.1) is 0 Å². The quantitative estimate of drug-likeness (QED) is 0.333. The van der Waals surface area contributed by atoms with E-state index in [2.05, 4.69) is 11.9 Å². The molecule has 1 heterocycles. The van der Waals surface area contributed by atoms with Crippen molar-refractivity contribution in [2.24, 2.45) is 5.92 Å². The van der Waals surface area contributed by atoms with E-state index in [0.29, 0.717) is 22.9 Å². The van der Waals surface area contributed by atoms with Gasteiger partial charge in [0, 0.05) is 23.1 Å². The molecule has 3 aromatic rings. The fraction of sp³-hybridized carbons (Fsp3) is 0.333. The van der Waals surface area contributed by atoms with Gasteiger partial charge in [0.15, 0.2) is 5.78 Å². The molecular weight excluding hydrogens is 468 g/mol. The number of hydrogen-bond acceptors (Lipinski definition) is 5. The molecule has 7 nitrogen and oxygen atoms in total. The van der Waals surface area contributed by atoms with Gasteiger partial charge < -0.3 is 9.84 Å². The maximum atomic E-state index is 13.0. The van der Waals surface area contributed by atoms with Crippen LogP contribution >= 0.6 is 11.6 Å². The SMILES string of the molecule is CCCCCOc1nc(-c2ccc(Cl)cc2)cc(=O)n1CC(=O)CC(Cc1ccccc1)C(=O)O. The molecule has 0 radical (unpaired) electrons. The Labute approximate surface area is 209 Å². The van der Waals surface area contributed by atoms with Crippen LogP contribution in [0.3, 0.4) is 0 Å². The number of ether oxygens (including phenoxy) is 1. The van der Waals surface area contributed by atoms with Crippen molar-refractivity contribution in [2.45, 2.75) is 45.6 Å². The minimum atomic E-state index is -1.05. The number of aliphatic carboxylic acids is 1. The Hall–Kier alpha value is -3.45. The summed E-state index contributed by atoms with van der Waals surface area (Å²) in [6.45, 7) is 2.11. The van der Waals surface area contributed by atoms with Crippen molar-refractivity contribution in [1.29, 1.82) is 0 Å². The molecule has 0 amide bonds. The average molecular weight is 497 g/mol. The Morgan fingerprint density at radius 1 is 1.09 bits per heavy atom. The van der Waals surface area contributed by atoms with E-state index in [1.165, 1.54) is 10.6 Å². The number of Topliss-reactive ketones (excluding diaryl/α,β-unsaturated/α-hetero) is 1. The fourth-order valence-corrected chi connectivity index (χ4v) is 3.81. The van der Waals surface area contributed by atoms with Gasteiger partial charge in [-0.05, 0) is 30.5 Å². The molecule has 1 N–H and O–H groups in total. The van der Waals surface area contributed by atoms with Gasteiger partial charge in [0.1, 0.15) is 0 Å². The van der Waals surface area contributed by atoms with Crippen molar-refractivity contribution in [2.75, 3.05) is 6.61 Å². The lowest BCUT2D eigenvalue weighted by Crippen LogP contribution is -2.29. The van der Waals surface area contributed by atoms with Crippen LogP contribution in [0.15, 0.2) is 65.5 Å². The zero-order chi connectivity index (χ0) is 25.2. The van der Waals surface area contributed by atoms with Crippen LogP contribution in [-0.2, 0) is 22.6 Å². The number of carboxylic acids is 1. The first-order chi connectivity index (χ1) is 16.9. The molecule has 0 aliphatic rings. The lowest BCUT2D eigenvalue weighted by molar-refractivity contribution is -0.143.